The van der Waals surface area contributed by atoms with Crippen LogP contribution in [0.25, 0.3) is 0 Å². The van der Waals surface area contributed by atoms with Gasteiger partial charge < -0.3 is 5.32 Å². The van der Waals surface area contributed by atoms with E-state index >= 15 is 0 Å². The zero-order valence-electron chi connectivity index (χ0n) is 9.38. The van der Waals surface area contributed by atoms with Crippen molar-refractivity contribution in [3.05, 3.63) is 29.8 Å². The number of aryl methyl sites for hydroxylation is 2. The maximum absolute atomic E-state index is 4.32. The van der Waals surface area contributed by atoms with Gasteiger partial charge in [0.25, 0.3) is 0 Å². The molecule has 0 radical (unpaired) electrons. The monoisotopic (exact) mass is 218 g/mol. The molecular formula is C10H14N6. The molecule has 0 aliphatic heterocycles. The van der Waals surface area contributed by atoms with Gasteiger partial charge in [-0.15, -0.1) is 5.10 Å². The van der Waals surface area contributed by atoms with Crippen LogP contribution in [0.5, 0.6) is 0 Å². The van der Waals surface area contributed by atoms with Gasteiger partial charge in [-0.1, -0.05) is 5.21 Å². The van der Waals surface area contributed by atoms with Crippen molar-refractivity contribution in [1.29, 1.82) is 0 Å². The number of anilines is 1. The largest absolute Gasteiger partial charge is 0.352 e. The van der Waals surface area contributed by atoms with Gasteiger partial charge in [-0.05, 0) is 19.4 Å². The van der Waals surface area contributed by atoms with Crippen LogP contribution < -0.4 is 5.32 Å². The molecule has 16 heavy (non-hydrogen) atoms. The van der Waals surface area contributed by atoms with Crippen LogP contribution in [0, 0.1) is 13.8 Å². The first-order chi connectivity index (χ1) is 7.75. The molecule has 0 aliphatic rings. The number of nitrogens with zero attached hydrogens (tertiary/aromatic N) is 5. The van der Waals surface area contributed by atoms with Gasteiger partial charge in [0.05, 0.1) is 12.7 Å². The lowest BCUT2D eigenvalue weighted by Gasteiger charge is -2.06. The molecule has 0 amide bonds. The second-order valence-corrected chi connectivity index (χ2v) is 3.55. The Morgan fingerprint density at radius 3 is 2.94 bits per heavy atom. The van der Waals surface area contributed by atoms with Crippen LogP contribution in [0.1, 0.15) is 11.3 Å². The summed E-state index contributed by atoms with van der Waals surface area (Å²) in [5, 5.41) is 10.7. The van der Waals surface area contributed by atoms with Gasteiger partial charge in [-0.25, -0.2) is 9.97 Å². The van der Waals surface area contributed by atoms with Gasteiger partial charge in [0, 0.05) is 24.6 Å². The Labute approximate surface area is 93.7 Å². The van der Waals surface area contributed by atoms with Crippen molar-refractivity contribution in [3.8, 4) is 0 Å². The summed E-state index contributed by atoms with van der Waals surface area (Å²) in [6, 6.07) is 0. The van der Waals surface area contributed by atoms with Crippen LogP contribution in [0.3, 0.4) is 0 Å². The Morgan fingerprint density at radius 2 is 2.25 bits per heavy atom. The Balaban J connectivity index is 1.87. The highest BCUT2D eigenvalue weighted by atomic mass is 15.4. The van der Waals surface area contributed by atoms with E-state index in [1.165, 1.54) is 0 Å². The lowest BCUT2D eigenvalue weighted by atomic mass is 10.3. The summed E-state index contributed by atoms with van der Waals surface area (Å²) in [5.41, 5.74) is 2.10. The quantitative estimate of drug-likeness (QED) is 0.822. The predicted molar refractivity (Wildman–Crippen MR) is 60.0 cm³/mol. The summed E-state index contributed by atoms with van der Waals surface area (Å²) in [5.74, 6) is 0.656. The maximum atomic E-state index is 4.32. The summed E-state index contributed by atoms with van der Waals surface area (Å²) in [6.45, 7) is 5.44. The Morgan fingerprint density at radius 1 is 1.38 bits per heavy atom. The fraction of sp³-hybridized carbons (Fsp3) is 0.400. The molecule has 2 aromatic heterocycles. The third kappa shape index (κ3) is 2.53. The average molecular weight is 218 g/mol. The van der Waals surface area contributed by atoms with Gasteiger partial charge in [0.2, 0.25) is 5.95 Å². The summed E-state index contributed by atoms with van der Waals surface area (Å²) in [4.78, 5) is 8.51. The minimum atomic E-state index is 0.656. The van der Waals surface area contributed by atoms with Crippen LogP contribution in [0.2, 0.25) is 0 Å². The van der Waals surface area contributed by atoms with E-state index in [9.17, 15) is 0 Å². The van der Waals surface area contributed by atoms with Crippen molar-refractivity contribution in [3.63, 3.8) is 0 Å². The fourth-order valence-electron chi connectivity index (χ4n) is 1.25. The number of aromatic nitrogens is 5. The van der Waals surface area contributed by atoms with E-state index in [1.54, 1.807) is 10.9 Å². The highest BCUT2D eigenvalue weighted by Crippen LogP contribution is 2.04. The van der Waals surface area contributed by atoms with Crippen molar-refractivity contribution >= 4 is 5.95 Å². The standard InChI is InChI=1S/C10H14N6/c1-8-7-12-10(14-9(8)2)11-3-5-16-6-4-13-15-16/h4,6-7H,3,5H2,1-2H3,(H,11,12,14). The first-order valence-corrected chi connectivity index (χ1v) is 5.14. The summed E-state index contributed by atoms with van der Waals surface area (Å²) in [7, 11) is 0. The van der Waals surface area contributed by atoms with Crippen LogP contribution >= 0.6 is 0 Å². The number of nitrogens with one attached hydrogen (secondary N) is 1. The van der Waals surface area contributed by atoms with Crippen molar-refractivity contribution in [1.82, 2.24) is 25.0 Å². The molecule has 2 aromatic rings. The van der Waals surface area contributed by atoms with E-state index in [4.69, 9.17) is 0 Å². The van der Waals surface area contributed by atoms with Crippen molar-refractivity contribution < 1.29 is 0 Å². The summed E-state index contributed by atoms with van der Waals surface area (Å²) >= 11 is 0. The van der Waals surface area contributed by atoms with Gasteiger partial charge in [-0.3, -0.25) is 4.68 Å². The van der Waals surface area contributed by atoms with E-state index in [-0.39, 0.29) is 0 Å². The lowest BCUT2D eigenvalue weighted by Crippen LogP contribution is -2.13. The Bertz CT molecular complexity index is 450. The molecular weight excluding hydrogens is 204 g/mol. The predicted octanol–water partition coefficient (Wildman–Crippen LogP) is 0.797. The first kappa shape index (κ1) is 10.5. The molecule has 6 heteroatoms. The Hall–Kier alpha value is -1.98. The van der Waals surface area contributed by atoms with Gasteiger partial charge in [0.15, 0.2) is 0 Å². The van der Waals surface area contributed by atoms with Crippen LogP contribution in [0.15, 0.2) is 18.6 Å². The van der Waals surface area contributed by atoms with E-state index in [2.05, 4.69) is 25.6 Å². The second-order valence-electron chi connectivity index (χ2n) is 3.55. The molecule has 0 saturated heterocycles. The molecule has 0 unspecified atom stereocenters. The summed E-state index contributed by atoms with van der Waals surface area (Å²) < 4.78 is 1.76. The lowest BCUT2D eigenvalue weighted by molar-refractivity contribution is 0.607. The summed E-state index contributed by atoms with van der Waals surface area (Å²) in [6.07, 6.45) is 5.30. The molecule has 2 rings (SSSR count). The van der Waals surface area contributed by atoms with E-state index in [0.717, 1.165) is 24.3 Å². The maximum Gasteiger partial charge on any atom is 0.222 e. The molecule has 0 saturated carbocycles. The highest BCUT2D eigenvalue weighted by Gasteiger charge is 1.99. The zero-order valence-corrected chi connectivity index (χ0v) is 9.38. The van der Waals surface area contributed by atoms with Crippen LogP contribution in [-0.2, 0) is 6.54 Å². The van der Waals surface area contributed by atoms with Crippen LogP contribution in [-0.4, -0.2) is 31.5 Å². The minimum Gasteiger partial charge on any atom is -0.352 e. The SMILES string of the molecule is Cc1cnc(NCCn2ccnn2)nc1C. The zero-order chi connectivity index (χ0) is 11.4. The van der Waals surface area contributed by atoms with E-state index < -0.39 is 0 Å². The van der Waals surface area contributed by atoms with Gasteiger partial charge in [0.1, 0.15) is 0 Å². The van der Waals surface area contributed by atoms with Crippen molar-refractivity contribution in [2.45, 2.75) is 20.4 Å². The third-order valence-electron chi connectivity index (χ3n) is 2.32. The molecule has 0 atom stereocenters. The molecule has 0 fully saturated rings. The molecule has 2 heterocycles. The smallest absolute Gasteiger partial charge is 0.222 e. The van der Waals surface area contributed by atoms with E-state index in [0.29, 0.717) is 5.95 Å². The molecule has 6 nitrogen and oxygen atoms in total. The highest BCUT2D eigenvalue weighted by molar-refractivity contribution is 5.28. The average Bonchev–Trinajstić information content (AvgIpc) is 2.76. The third-order valence-corrected chi connectivity index (χ3v) is 2.32. The number of hydrogen-bond donors (Lipinski definition) is 1. The second kappa shape index (κ2) is 4.69. The molecule has 0 aliphatic carbocycles. The van der Waals surface area contributed by atoms with E-state index in [1.807, 2.05) is 26.2 Å². The van der Waals surface area contributed by atoms with Crippen molar-refractivity contribution in [2.24, 2.45) is 0 Å². The van der Waals surface area contributed by atoms with Gasteiger partial charge in [-0.2, -0.15) is 0 Å². The molecule has 0 spiro atoms. The molecule has 1 N–H and O–H groups in total. The molecule has 84 valence electrons. The van der Waals surface area contributed by atoms with Crippen LogP contribution in [0.4, 0.5) is 5.95 Å². The molecule has 0 aromatic carbocycles. The minimum absolute atomic E-state index is 0.656. The fourth-order valence-corrected chi connectivity index (χ4v) is 1.25. The molecule has 0 bridgehead atoms. The van der Waals surface area contributed by atoms with Crippen molar-refractivity contribution in [2.75, 3.05) is 11.9 Å². The first-order valence-electron chi connectivity index (χ1n) is 5.14. The topological polar surface area (TPSA) is 68.5 Å². The normalized spacial score (nSPS) is 10.4. The Kier molecular flexibility index (Phi) is 3.09. The van der Waals surface area contributed by atoms with Gasteiger partial charge >= 0.3 is 0 Å². The number of rotatable bonds is 4. The number of hydrogen-bond acceptors (Lipinski definition) is 5.